The quantitative estimate of drug-likeness (QED) is 0.330. The molecule has 0 heterocycles. The van der Waals surface area contributed by atoms with Gasteiger partial charge in [-0.3, -0.25) is 5.04 Å². The first-order valence-electron chi connectivity index (χ1n) is 5.33. The van der Waals surface area contributed by atoms with E-state index in [9.17, 15) is 23.9 Å². The van der Waals surface area contributed by atoms with E-state index in [4.69, 9.17) is 0 Å². The van der Waals surface area contributed by atoms with Crippen molar-refractivity contribution in [3.8, 4) is 0 Å². The summed E-state index contributed by atoms with van der Waals surface area (Å²) in [4.78, 5) is 11.0. The number of halogens is 2. The van der Waals surface area contributed by atoms with Crippen LogP contribution < -0.4 is 5.26 Å². The molecule has 1 aliphatic carbocycles. The normalized spacial score (nSPS) is 24.9. The molecule has 0 atom stereocenters. The van der Waals surface area contributed by atoms with Gasteiger partial charge in [-0.1, -0.05) is 0 Å². The highest BCUT2D eigenvalue weighted by Crippen LogP contribution is 2.32. The van der Waals surface area contributed by atoms with Gasteiger partial charge in [-0.2, -0.15) is 13.1 Å². The fraction of sp³-hybridized carbons (Fsp3) is 0.889. The second-order valence-electron chi connectivity index (χ2n) is 4.01. The largest absolute Gasteiger partial charge is 0.691 e. The van der Waals surface area contributed by atoms with Crippen LogP contribution in [-0.2, 0) is 18.9 Å². The van der Waals surface area contributed by atoms with Gasteiger partial charge in [0, 0.05) is 0 Å². The van der Waals surface area contributed by atoms with Crippen molar-refractivity contribution in [1.82, 2.24) is 0 Å². The van der Waals surface area contributed by atoms with Crippen molar-refractivity contribution in [3.05, 3.63) is 0 Å². The maximum atomic E-state index is 12.9. The molecule has 0 aromatic carbocycles. The van der Waals surface area contributed by atoms with Gasteiger partial charge in [-0.05, 0) is 31.6 Å². The van der Waals surface area contributed by atoms with Gasteiger partial charge in [0.1, 0.15) is 12.0 Å². The Hall–Kier alpha value is -0.480. The molecule has 0 unspecified atom stereocenters. The summed E-state index contributed by atoms with van der Waals surface area (Å²) >= 11 is -0.709. The minimum absolute atomic E-state index is 0.0326. The fourth-order valence-electron chi connectivity index (χ4n) is 1.68. The van der Waals surface area contributed by atoms with Gasteiger partial charge in [0.2, 0.25) is 0 Å². The van der Waals surface area contributed by atoms with Crippen molar-refractivity contribution in [2.45, 2.75) is 37.0 Å². The van der Waals surface area contributed by atoms with Gasteiger partial charge < -0.3 is 15.1 Å². The van der Waals surface area contributed by atoms with Gasteiger partial charge in [-0.25, -0.2) is 4.79 Å². The molecule has 1 fully saturated rings. The number of esters is 1. The van der Waals surface area contributed by atoms with Crippen molar-refractivity contribution in [2.24, 2.45) is 5.92 Å². The van der Waals surface area contributed by atoms with Crippen LogP contribution in [0.1, 0.15) is 25.7 Å². The summed E-state index contributed by atoms with van der Waals surface area (Å²) in [6.07, 6.45) is 2.01. The standard InChI is InChI=1S/C9H14F2O6S/c10-9(11,18-17-16-14)8(13)15-5-6-1-3-7(12)4-2-6/h6-7,12,14H,1-5H2/p-1. The number of aliphatic hydroxyl groups excluding tert-OH is 1. The first-order valence-corrected chi connectivity index (χ1v) is 6.07. The third-order valence-electron chi connectivity index (χ3n) is 2.67. The van der Waals surface area contributed by atoms with Crippen LogP contribution in [0, 0.1) is 5.92 Å². The molecule has 106 valence electrons. The Bertz CT molecular complexity index is 270. The predicted octanol–water partition coefficient (Wildman–Crippen LogP) is 0.545. The van der Waals surface area contributed by atoms with E-state index in [1.54, 1.807) is 0 Å². The summed E-state index contributed by atoms with van der Waals surface area (Å²) in [6, 6.07) is 0. The zero-order valence-electron chi connectivity index (χ0n) is 9.34. The number of hydrogen-bond donors (Lipinski definition) is 1. The molecule has 0 radical (unpaired) electrons. The molecule has 0 saturated heterocycles. The second kappa shape index (κ2) is 7.19. The average molecular weight is 287 g/mol. The van der Waals surface area contributed by atoms with Crippen LogP contribution in [0.2, 0.25) is 0 Å². The lowest BCUT2D eigenvalue weighted by Crippen LogP contribution is -2.31. The first kappa shape index (κ1) is 15.6. The number of alkyl halides is 2. The van der Waals surface area contributed by atoms with Crippen LogP contribution in [0.4, 0.5) is 8.78 Å². The molecule has 0 aromatic heterocycles. The Labute approximate surface area is 106 Å². The van der Waals surface area contributed by atoms with Crippen LogP contribution in [0.15, 0.2) is 0 Å². The Kier molecular flexibility index (Phi) is 6.22. The van der Waals surface area contributed by atoms with Gasteiger partial charge in [-0.15, -0.1) is 0 Å². The van der Waals surface area contributed by atoms with E-state index < -0.39 is 23.3 Å². The topological polar surface area (TPSA) is 88.1 Å². The van der Waals surface area contributed by atoms with Crippen molar-refractivity contribution in [1.29, 1.82) is 0 Å². The number of carbonyl (C=O) groups excluding carboxylic acids is 1. The lowest BCUT2D eigenvalue weighted by molar-refractivity contribution is -0.777. The van der Waals surface area contributed by atoms with E-state index in [-0.39, 0.29) is 18.6 Å². The molecule has 9 heteroatoms. The highest BCUT2D eigenvalue weighted by atomic mass is 32.2. The summed E-state index contributed by atoms with van der Waals surface area (Å²) in [5.41, 5.74) is 0. The zero-order valence-corrected chi connectivity index (χ0v) is 10.2. The number of hydrogen-bond acceptors (Lipinski definition) is 7. The van der Waals surface area contributed by atoms with Gasteiger partial charge in [0.15, 0.2) is 0 Å². The summed E-state index contributed by atoms with van der Waals surface area (Å²) in [6.45, 7) is -0.139. The fourth-order valence-corrected chi connectivity index (χ4v) is 1.92. The average Bonchev–Trinajstić information content (AvgIpc) is 2.35. The van der Waals surface area contributed by atoms with Crippen molar-refractivity contribution in [3.63, 3.8) is 0 Å². The molecule has 0 amide bonds. The van der Waals surface area contributed by atoms with E-state index in [1.807, 2.05) is 0 Å². The molecule has 0 bridgehead atoms. The van der Waals surface area contributed by atoms with Crippen LogP contribution in [0.5, 0.6) is 0 Å². The highest BCUT2D eigenvalue weighted by molar-refractivity contribution is 7.96. The number of ether oxygens (including phenoxy) is 1. The molecule has 1 aliphatic rings. The molecule has 1 saturated carbocycles. The lowest BCUT2D eigenvalue weighted by atomic mass is 9.88. The SMILES string of the molecule is O=C(OCC1CCC(O)CC1)C(F)(F)SOO[O-]. The zero-order chi connectivity index (χ0) is 13.6. The maximum absolute atomic E-state index is 12.9. The molecule has 1 rings (SSSR count). The summed E-state index contributed by atoms with van der Waals surface area (Å²) in [5, 5.41) is 17.4. The number of carbonyl (C=O) groups is 1. The number of aliphatic hydroxyl groups is 1. The predicted molar refractivity (Wildman–Crippen MR) is 53.6 cm³/mol. The third kappa shape index (κ3) is 5.02. The number of rotatable bonds is 6. The van der Waals surface area contributed by atoms with Crippen LogP contribution in [-0.4, -0.2) is 29.0 Å². The monoisotopic (exact) mass is 287 g/mol. The molecular formula is C9H13F2O6S-. The Balaban J connectivity index is 2.27. The Morgan fingerprint density at radius 2 is 2.00 bits per heavy atom. The van der Waals surface area contributed by atoms with Crippen molar-refractivity contribution >= 4 is 18.0 Å². The summed E-state index contributed by atoms with van der Waals surface area (Å²) < 4.78 is 33.7. The molecule has 18 heavy (non-hydrogen) atoms. The van der Waals surface area contributed by atoms with Crippen molar-refractivity contribution in [2.75, 3.05) is 6.61 Å². The summed E-state index contributed by atoms with van der Waals surface area (Å²) in [7, 11) is 0. The van der Waals surface area contributed by atoms with E-state index in [1.165, 1.54) is 0 Å². The molecule has 0 spiro atoms. The minimum Gasteiger partial charge on any atom is -0.691 e. The van der Waals surface area contributed by atoms with E-state index >= 15 is 0 Å². The van der Waals surface area contributed by atoms with Gasteiger partial charge >= 0.3 is 11.2 Å². The van der Waals surface area contributed by atoms with Crippen LogP contribution >= 0.6 is 12.0 Å². The Morgan fingerprint density at radius 3 is 2.56 bits per heavy atom. The van der Waals surface area contributed by atoms with Crippen LogP contribution in [0.25, 0.3) is 0 Å². The molecule has 6 nitrogen and oxygen atoms in total. The molecule has 0 aliphatic heterocycles. The van der Waals surface area contributed by atoms with Crippen molar-refractivity contribution < 1.29 is 38.0 Å². The van der Waals surface area contributed by atoms with E-state index in [0.29, 0.717) is 25.7 Å². The van der Waals surface area contributed by atoms with Crippen LogP contribution in [0.3, 0.4) is 0 Å². The van der Waals surface area contributed by atoms with E-state index in [0.717, 1.165) is 0 Å². The van der Waals surface area contributed by atoms with Gasteiger partial charge in [0.25, 0.3) is 0 Å². The molecule has 0 aromatic rings. The summed E-state index contributed by atoms with van der Waals surface area (Å²) in [5.74, 6) is -1.81. The second-order valence-corrected chi connectivity index (χ2v) is 4.82. The molecular weight excluding hydrogens is 274 g/mol. The minimum atomic E-state index is -3.99. The smallest absolute Gasteiger partial charge is 0.415 e. The Morgan fingerprint density at radius 1 is 1.39 bits per heavy atom. The van der Waals surface area contributed by atoms with Gasteiger partial charge in [0.05, 0.1) is 12.7 Å². The maximum Gasteiger partial charge on any atom is 0.415 e. The lowest BCUT2D eigenvalue weighted by Gasteiger charge is -2.25. The highest BCUT2D eigenvalue weighted by Gasteiger charge is 2.44. The van der Waals surface area contributed by atoms with E-state index in [2.05, 4.69) is 14.1 Å². The first-order chi connectivity index (χ1) is 8.45. The third-order valence-corrected chi connectivity index (χ3v) is 3.17. The molecule has 1 N–H and O–H groups in total.